The van der Waals surface area contributed by atoms with Crippen molar-refractivity contribution in [1.29, 1.82) is 0 Å². The van der Waals surface area contributed by atoms with Gasteiger partial charge in [-0.2, -0.15) is 0 Å². The number of thiazole rings is 1. The van der Waals surface area contributed by atoms with Crippen LogP contribution in [-0.4, -0.2) is 19.9 Å². The third kappa shape index (κ3) is 4.06. The molecular formula is C34H20N4S2. The SMILES string of the molecule is c1ccc(-c2nc(-c3ccccc3)nc(-c3ccc(-c4nc5cc6sc7ccccc7c6cc5s4)cc3)n2)cc1. The highest BCUT2D eigenvalue weighted by atomic mass is 32.1. The molecule has 6 heteroatoms. The van der Waals surface area contributed by atoms with E-state index in [9.17, 15) is 0 Å². The lowest BCUT2D eigenvalue weighted by molar-refractivity contribution is 1.07. The van der Waals surface area contributed by atoms with E-state index in [4.69, 9.17) is 19.9 Å². The van der Waals surface area contributed by atoms with E-state index in [1.54, 1.807) is 11.3 Å². The van der Waals surface area contributed by atoms with Crippen LogP contribution >= 0.6 is 22.7 Å². The summed E-state index contributed by atoms with van der Waals surface area (Å²) in [7, 11) is 0. The fourth-order valence-electron chi connectivity index (χ4n) is 4.97. The number of nitrogens with zero attached hydrogens (tertiary/aromatic N) is 4. The second-order valence-electron chi connectivity index (χ2n) is 9.55. The molecule has 0 bridgehead atoms. The molecule has 0 aliphatic carbocycles. The Morgan fingerprint density at radius 2 is 0.925 bits per heavy atom. The largest absolute Gasteiger partial charge is 0.236 e. The van der Waals surface area contributed by atoms with Gasteiger partial charge in [-0.15, -0.1) is 22.7 Å². The van der Waals surface area contributed by atoms with Crippen molar-refractivity contribution in [3.05, 3.63) is 121 Å². The summed E-state index contributed by atoms with van der Waals surface area (Å²) in [4.78, 5) is 19.5. The maximum atomic E-state index is 5.00. The zero-order chi connectivity index (χ0) is 26.5. The Labute approximate surface area is 238 Å². The molecule has 0 atom stereocenters. The van der Waals surface area contributed by atoms with Gasteiger partial charge in [-0.25, -0.2) is 19.9 Å². The lowest BCUT2D eigenvalue weighted by Crippen LogP contribution is -2.00. The average Bonchev–Trinajstić information content (AvgIpc) is 3.61. The molecule has 4 nitrogen and oxygen atoms in total. The first-order valence-electron chi connectivity index (χ1n) is 13.0. The Balaban J connectivity index is 1.19. The van der Waals surface area contributed by atoms with Crippen LogP contribution in [0.2, 0.25) is 0 Å². The van der Waals surface area contributed by atoms with Gasteiger partial charge in [0.15, 0.2) is 17.5 Å². The molecule has 0 aliphatic heterocycles. The van der Waals surface area contributed by atoms with Crippen molar-refractivity contribution in [2.75, 3.05) is 0 Å². The first-order chi connectivity index (χ1) is 19.8. The molecule has 3 heterocycles. The molecule has 8 rings (SSSR count). The van der Waals surface area contributed by atoms with Crippen LogP contribution in [0.5, 0.6) is 0 Å². The van der Waals surface area contributed by atoms with E-state index in [0.717, 1.165) is 32.8 Å². The minimum atomic E-state index is 0.649. The fourth-order valence-corrected chi connectivity index (χ4v) is 7.08. The minimum absolute atomic E-state index is 0.649. The van der Waals surface area contributed by atoms with Crippen LogP contribution in [-0.2, 0) is 0 Å². The summed E-state index contributed by atoms with van der Waals surface area (Å²) < 4.78 is 3.79. The molecule has 0 unspecified atom stereocenters. The maximum Gasteiger partial charge on any atom is 0.164 e. The first kappa shape index (κ1) is 23.1. The maximum absolute atomic E-state index is 5.00. The Kier molecular flexibility index (Phi) is 5.47. The third-order valence-electron chi connectivity index (χ3n) is 6.98. The molecule has 0 radical (unpaired) electrons. The van der Waals surface area contributed by atoms with Gasteiger partial charge in [0, 0.05) is 42.4 Å². The zero-order valence-corrected chi connectivity index (χ0v) is 22.8. The number of fused-ring (bicyclic) bond motifs is 4. The highest BCUT2D eigenvalue weighted by Crippen LogP contribution is 2.39. The van der Waals surface area contributed by atoms with Crippen LogP contribution in [0.1, 0.15) is 0 Å². The number of rotatable bonds is 4. The van der Waals surface area contributed by atoms with Crippen LogP contribution in [0.3, 0.4) is 0 Å². The predicted molar refractivity (Wildman–Crippen MR) is 168 cm³/mol. The summed E-state index contributed by atoms with van der Waals surface area (Å²) in [6.07, 6.45) is 0. The Bertz CT molecular complexity index is 2090. The molecule has 0 saturated heterocycles. The van der Waals surface area contributed by atoms with E-state index < -0.39 is 0 Å². The monoisotopic (exact) mass is 548 g/mol. The number of aromatic nitrogens is 4. The van der Waals surface area contributed by atoms with Crippen LogP contribution in [0.4, 0.5) is 0 Å². The quantitative estimate of drug-likeness (QED) is 0.220. The molecule has 0 spiro atoms. The summed E-state index contributed by atoms with van der Waals surface area (Å²) in [5, 5.41) is 3.62. The molecule has 0 aliphatic rings. The van der Waals surface area contributed by atoms with Gasteiger partial charge in [0.2, 0.25) is 0 Å². The number of hydrogen-bond donors (Lipinski definition) is 0. The fraction of sp³-hybridized carbons (Fsp3) is 0. The van der Waals surface area contributed by atoms with Crippen molar-refractivity contribution in [3.63, 3.8) is 0 Å². The number of thiophene rings is 1. The smallest absolute Gasteiger partial charge is 0.164 e. The second-order valence-corrected chi connectivity index (χ2v) is 11.7. The van der Waals surface area contributed by atoms with E-state index in [1.165, 1.54) is 24.9 Å². The summed E-state index contributed by atoms with van der Waals surface area (Å²) in [5.74, 6) is 1.97. The van der Waals surface area contributed by atoms with Crippen molar-refractivity contribution < 1.29 is 0 Å². The summed E-state index contributed by atoms with van der Waals surface area (Å²) in [5.41, 5.74) is 4.98. The third-order valence-corrected chi connectivity index (χ3v) is 9.18. The summed E-state index contributed by atoms with van der Waals surface area (Å²) in [6, 6.07) is 41.6. The van der Waals surface area contributed by atoms with Gasteiger partial charge in [-0.1, -0.05) is 103 Å². The van der Waals surface area contributed by atoms with Crippen molar-refractivity contribution in [2.24, 2.45) is 0 Å². The van der Waals surface area contributed by atoms with Crippen molar-refractivity contribution in [3.8, 4) is 44.7 Å². The van der Waals surface area contributed by atoms with Gasteiger partial charge in [-0.3, -0.25) is 0 Å². The lowest BCUT2D eigenvalue weighted by atomic mass is 10.1. The van der Waals surface area contributed by atoms with Gasteiger partial charge in [0.1, 0.15) is 5.01 Å². The molecule has 188 valence electrons. The van der Waals surface area contributed by atoms with E-state index in [1.807, 2.05) is 72.0 Å². The molecule has 0 saturated carbocycles. The number of hydrogen-bond acceptors (Lipinski definition) is 6. The topological polar surface area (TPSA) is 51.6 Å². The van der Waals surface area contributed by atoms with E-state index in [2.05, 4.69) is 60.7 Å². The van der Waals surface area contributed by atoms with Crippen LogP contribution in [0.25, 0.3) is 75.1 Å². The number of benzene rings is 5. The molecule has 8 aromatic rings. The molecule has 5 aromatic carbocycles. The van der Waals surface area contributed by atoms with Gasteiger partial charge < -0.3 is 0 Å². The second kappa shape index (κ2) is 9.45. The Morgan fingerprint density at radius 1 is 0.375 bits per heavy atom. The normalized spacial score (nSPS) is 11.5. The summed E-state index contributed by atoms with van der Waals surface area (Å²) in [6.45, 7) is 0. The van der Waals surface area contributed by atoms with Crippen molar-refractivity contribution in [2.45, 2.75) is 0 Å². The molecule has 3 aromatic heterocycles. The van der Waals surface area contributed by atoms with Gasteiger partial charge in [0.05, 0.1) is 10.2 Å². The van der Waals surface area contributed by atoms with Crippen LogP contribution in [0.15, 0.2) is 121 Å². The average molecular weight is 549 g/mol. The lowest BCUT2D eigenvalue weighted by Gasteiger charge is -2.08. The van der Waals surface area contributed by atoms with Gasteiger partial charge in [-0.05, 0) is 18.2 Å². The van der Waals surface area contributed by atoms with Crippen LogP contribution < -0.4 is 0 Å². The molecule has 0 fully saturated rings. The first-order valence-corrected chi connectivity index (χ1v) is 14.6. The van der Waals surface area contributed by atoms with Crippen molar-refractivity contribution in [1.82, 2.24) is 19.9 Å². The van der Waals surface area contributed by atoms with Gasteiger partial charge in [0.25, 0.3) is 0 Å². The van der Waals surface area contributed by atoms with E-state index in [-0.39, 0.29) is 0 Å². The molecule has 0 N–H and O–H groups in total. The predicted octanol–water partition coefficient (Wildman–Crippen LogP) is 9.52. The van der Waals surface area contributed by atoms with Crippen molar-refractivity contribution >= 4 is 53.1 Å². The van der Waals surface area contributed by atoms with E-state index in [0.29, 0.717) is 17.5 Å². The molecule has 40 heavy (non-hydrogen) atoms. The zero-order valence-electron chi connectivity index (χ0n) is 21.2. The van der Waals surface area contributed by atoms with Crippen LogP contribution in [0, 0.1) is 0 Å². The highest BCUT2D eigenvalue weighted by molar-refractivity contribution is 7.26. The standard InChI is InChI=1S/C34H20N4S2/c1-3-9-21(10-4-1)31-36-32(22-11-5-2-6-12-22)38-33(37-31)23-15-17-24(18-16-23)34-35-27-20-29-26(19-30(27)40-34)25-13-7-8-14-28(25)39-29/h1-20H. The Hall–Kier alpha value is -4.78. The van der Waals surface area contributed by atoms with Gasteiger partial charge >= 0.3 is 0 Å². The molecular weight excluding hydrogens is 529 g/mol. The van der Waals surface area contributed by atoms with E-state index >= 15 is 0 Å². The summed E-state index contributed by atoms with van der Waals surface area (Å²) >= 11 is 3.56. The Morgan fingerprint density at radius 3 is 1.57 bits per heavy atom. The minimum Gasteiger partial charge on any atom is -0.236 e. The molecule has 0 amide bonds. The highest BCUT2D eigenvalue weighted by Gasteiger charge is 2.14.